The normalized spacial score (nSPS) is 32.3. The van der Waals surface area contributed by atoms with Gasteiger partial charge in [0.15, 0.2) is 0 Å². The Morgan fingerprint density at radius 2 is 2.00 bits per heavy atom. The van der Waals surface area contributed by atoms with Crippen LogP contribution in [0, 0.1) is 23.6 Å². The van der Waals surface area contributed by atoms with E-state index in [-0.39, 0.29) is 23.8 Å². The fourth-order valence-corrected chi connectivity index (χ4v) is 4.26. The van der Waals surface area contributed by atoms with E-state index in [9.17, 15) is 14.3 Å². The van der Waals surface area contributed by atoms with Crippen LogP contribution in [-0.4, -0.2) is 17.1 Å². The number of nitrogens with one attached hydrogen (secondary N) is 1. The molecule has 2 fully saturated rings. The molecule has 2 aliphatic rings. The molecule has 3 rings (SSSR count). The van der Waals surface area contributed by atoms with Gasteiger partial charge >= 0.3 is 5.97 Å². The number of carboxylic acid groups (broad SMARTS) is 1. The smallest absolute Gasteiger partial charge is 0.308 e. The molecule has 2 bridgehead atoms. The second kappa shape index (κ2) is 5.76. The molecule has 0 saturated heterocycles. The molecule has 0 heterocycles. The van der Waals surface area contributed by atoms with Crippen LogP contribution in [0.1, 0.15) is 44.2 Å². The quantitative estimate of drug-likeness (QED) is 0.874. The predicted molar refractivity (Wildman–Crippen MR) is 78.3 cm³/mol. The van der Waals surface area contributed by atoms with Gasteiger partial charge in [0.25, 0.3) is 0 Å². The molecule has 2 N–H and O–H groups in total. The SMILES string of the molecule is CCC(NC1C2CCC(C2)C1C(=O)O)c1ccc(F)cc1. The maximum atomic E-state index is 13.1. The van der Waals surface area contributed by atoms with E-state index in [2.05, 4.69) is 12.2 Å². The number of hydrogen-bond donors (Lipinski definition) is 2. The van der Waals surface area contributed by atoms with Gasteiger partial charge in [0, 0.05) is 12.1 Å². The van der Waals surface area contributed by atoms with Gasteiger partial charge in [-0.25, -0.2) is 4.39 Å². The Balaban J connectivity index is 1.77. The van der Waals surface area contributed by atoms with Crippen LogP contribution in [0.5, 0.6) is 0 Å². The average molecular weight is 291 g/mol. The summed E-state index contributed by atoms with van der Waals surface area (Å²) in [5.41, 5.74) is 1.03. The Morgan fingerprint density at radius 3 is 2.62 bits per heavy atom. The van der Waals surface area contributed by atoms with Crippen LogP contribution in [0.25, 0.3) is 0 Å². The molecule has 3 nitrogen and oxygen atoms in total. The molecule has 0 aromatic heterocycles. The minimum Gasteiger partial charge on any atom is -0.481 e. The number of aliphatic carboxylic acids is 1. The number of halogens is 1. The molecular formula is C17H22FNO2. The van der Waals surface area contributed by atoms with Gasteiger partial charge in [-0.15, -0.1) is 0 Å². The third kappa shape index (κ3) is 2.69. The van der Waals surface area contributed by atoms with Crippen LogP contribution in [0.3, 0.4) is 0 Å². The fraction of sp³-hybridized carbons (Fsp3) is 0.588. The van der Waals surface area contributed by atoms with Crippen molar-refractivity contribution < 1.29 is 14.3 Å². The first-order valence-electron chi connectivity index (χ1n) is 7.84. The summed E-state index contributed by atoms with van der Waals surface area (Å²) in [7, 11) is 0. The lowest BCUT2D eigenvalue weighted by Crippen LogP contribution is -2.45. The molecule has 21 heavy (non-hydrogen) atoms. The van der Waals surface area contributed by atoms with Crippen molar-refractivity contribution in [3.63, 3.8) is 0 Å². The molecule has 114 valence electrons. The average Bonchev–Trinajstić information content (AvgIpc) is 3.06. The molecule has 1 aromatic rings. The largest absolute Gasteiger partial charge is 0.481 e. The predicted octanol–water partition coefficient (Wildman–Crippen LogP) is 3.37. The van der Waals surface area contributed by atoms with Crippen LogP contribution in [0.4, 0.5) is 4.39 Å². The highest BCUT2D eigenvalue weighted by molar-refractivity contribution is 5.72. The summed E-state index contributed by atoms with van der Waals surface area (Å²) in [5, 5.41) is 13.1. The Hall–Kier alpha value is -1.42. The van der Waals surface area contributed by atoms with Crippen molar-refractivity contribution in [3.05, 3.63) is 35.6 Å². The molecule has 4 heteroatoms. The van der Waals surface area contributed by atoms with Crippen LogP contribution < -0.4 is 5.32 Å². The highest BCUT2D eigenvalue weighted by atomic mass is 19.1. The molecule has 0 aliphatic heterocycles. The number of benzene rings is 1. The van der Waals surface area contributed by atoms with Crippen molar-refractivity contribution in [1.29, 1.82) is 0 Å². The summed E-state index contributed by atoms with van der Waals surface area (Å²) < 4.78 is 13.1. The van der Waals surface area contributed by atoms with E-state index < -0.39 is 5.97 Å². The van der Waals surface area contributed by atoms with Gasteiger partial charge in [0.1, 0.15) is 5.82 Å². The lowest BCUT2D eigenvalue weighted by atomic mass is 9.83. The Bertz CT molecular complexity index is 516. The van der Waals surface area contributed by atoms with Gasteiger partial charge in [-0.1, -0.05) is 19.1 Å². The first-order chi connectivity index (χ1) is 10.1. The van der Waals surface area contributed by atoms with Gasteiger partial charge in [0.05, 0.1) is 5.92 Å². The van der Waals surface area contributed by atoms with E-state index in [4.69, 9.17) is 0 Å². The van der Waals surface area contributed by atoms with Gasteiger partial charge < -0.3 is 10.4 Å². The van der Waals surface area contributed by atoms with E-state index in [1.54, 1.807) is 12.1 Å². The van der Waals surface area contributed by atoms with E-state index in [0.29, 0.717) is 11.8 Å². The summed E-state index contributed by atoms with van der Waals surface area (Å²) in [6, 6.07) is 6.66. The fourth-order valence-electron chi connectivity index (χ4n) is 4.26. The molecule has 5 unspecified atom stereocenters. The molecule has 1 aromatic carbocycles. The number of hydrogen-bond acceptors (Lipinski definition) is 2. The first-order valence-corrected chi connectivity index (χ1v) is 7.84. The van der Waals surface area contributed by atoms with E-state index in [0.717, 1.165) is 31.2 Å². The second-order valence-electron chi connectivity index (χ2n) is 6.40. The lowest BCUT2D eigenvalue weighted by molar-refractivity contribution is -0.144. The van der Waals surface area contributed by atoms with Crippen molar-refractivity contribution in [2.75, 3.05) is 0 Å². The maximum Gasteiger partial charge on any atom is 0.308 e. The molecule has 0 amide bonds. The van der Waals surface area contributed by atoms with E-state index in [1.165, 1.54) is 12.1 Å². The third-order valence-electron chi connectivity index (χ3n) is 5.28. The number of carbonyl (C=O) groups is 1. The monoisotopic (exact) mass is 291 g/mol. The first kappa shape index (κ1) is 14.5. The molecule has 2 aliphatic carbocycles. The van der Waals surface area contributed by atoms with Crippen molar-refractivity contribution in [3.8, 4) is 0 Å². The lowest BCUT2D eigenvalue weighted by Gasteiger charge is -2.32. The van der Waals surface area contributed by atoms with Crippen molar-refractivity contribution in [2.24, 2.45) is 17.8 Å². The maximum absolute atomic E-state index is 13.1. The summed E-state index contributed by atoms with van der Waals surface area (Å²) in [4.78, 5) is 11.6. The second-order valence-corrected chi connectivity index (χ2v) is 6.40. The summed E-state index contributed by atoms with van der Waals surface area (Å²) in [6.45, 7) is 2.07. The minimum atomic E-state index is -0.673. The highest BCUT2D eigenvalue weighted by Gasteiger charge is 2.51. The van der Waals surface area contributed by atoms with Crippen LogP contribution in [0.15, 0.2) is 24.3 Å². The van der Waals surface area contributed by atoms with Crippen molar-refractivity contribution >= 4 is 5.97 Å². The molecule has 2 saturated carbocycles. The van der Waals surface area contributed by atoms with Gasteiger partial charge in [0.2, 0.25) is 0 Å². The number of carboxylic acids is 1. The van der Waals surface area contributed by atoms with Crippen molar-refractivity contribution in [1.82, 2.24) is 5.32 Å². The van der Waals surface area contributed by atoms with Gasteiger partial charge in [-0.05, 0) is 55.2 Å². The zero-order valence-electron chi connectivity index (χ0n) is 12.3. The zero-order chi connectivity index (χ0) is 15.0. The Labute approximate surface area is 124 Å². The summed E-state index contributed by atoms with van der Waals surface area (Å²) in [5.74, 6) is -0.370. The molecule has 0 radical (unpaired) electrons. The minimum absolute atomic E-state index is 0.0521. The van der Waals surface area contributed by atoms with Crippen molar-refractivity contribution in [2.45, 2.75) is 44.7 Å². The number of rotatable bonds is 5. The van der Waals surface area contributed by atoms with E-state index >= 15 is 0 Å². The van der Waals surface area contributed by atoms with Crippen LogP contribution in [-0.2, 0) is 4.79 Å². The summed E-state index contributed by atoms with van der Waals surface area (Å²) in [6.07, 6.45) is 4.08. The topological polar surface area (TPSA) is 49.3 Å². The molecular weight excluding hydrogens is 269 g/mol. The van der Waals surface area contributed by atoms with Gasteiger partial charge in [-0.3, -0.25) is 4.79 Å². The Kier molecular flexibility index (Phi) is 3.98. The standard InChI is InChI=1S/C17H22FNO2/c1-2-14(10-5-7-13(18)8-6-10)19-16-12-4-3-11(9-12)15(16)17(20)21/h5-8,11-12,14-16,19H,2-4,9H2,1H3,(H,20,21). The molecule has 5 atom stereocenters. The molecule has 0 spiro atoms. The van der Waals surface area contributed by atoms with Crippen LogP contribution >= 0.6 is 0 Å². The van der Waals surface area contributed by atoms with Gasteiger partial charge in [-0.2, -0.15) is 0 Å². The van der Waals surface area contributed by atoms with Crippen LogP contribution in [0.2, 0.25) is 0 Å². The third-order valence-corrected chi connectivity index (χ3v) is 5.28. The zero-order valence-corrected chi connectivity index (χ0v) is 12.3. The number of fused-ring (bicyclic) bond motifs is 2. The summed E-state index contributed by atoms with van der Waals surface area (Å²) >= 11 is 0. The Morgan fingerprint density at radius 1 is 1.33 bits per heavy atom. The van der Waals surface area contributed by atoms with E-state index in [1.807, 2.05) is 0 Å². The highest BCUT2D eigenvalue weighted by Crippen LogP contribution is 2.49.